The Hall–Kier alpha value is -3.93. The minimum Gasteiger partial charge on any atom is -0.379 e. The Kier molecular flexibility index (Phi) is 6.77. The van der Waals surface area contributed by atoms with Crippen LogP contribution in [-0.4, -0.2) is 14.3 Å². The van der Waals surface area contributed by atoms with Gasteiger partial charge in [0, 0.05) is 4.47 Å². The topological polar surface area (TPSA) is 96.3 Å². The fourth-order valence-corrected chi connectivity index (χ4v) is 4.54. The third-order valence-corrected chi connectivity index (χ3v) is 6.83. The van der Waals surface area contributed by atoms with E-state index >= 15 is 0 Å². The highest BCUT2D eigenvalue weighted by atomic mass is 79.9. The highest BCUT2D eigenvalue weighted by Gasteiger charge is 2.17. The fraction of sp³-hybridized carbons (Fsp3) is 0. The van der Waals surface area contributed by atoms with Crippen molar-refractivity contribution in [2.24, 2.45) is 0 Å². The normalized spacial score (nSPS) is 11.6. The van der Waals surface area contributed by atoms with Crippen molar-refractivity contribution >= 4 is 54.5 Å². The first-order chi connectivity index (χ1) is 16.4. The second-order valence-electron chi connectivity index (χ2n) is 7.22. The maximum Gasteiger partial charge on any atom is 0.339 e. The van der Waals surface area contributed by atoms with E-state index in [1.807, 2.05) is 36.4 Å². The molecule has 0 unspecified atom stereocenters. The summed E-state index contributed by atoms with van der Waals surface area (Å²) in [5.41, 5.74) is 0.971. The van der Waals surface area contributed by atoms with E-state index < -0.39 is 16.0 Å². The molecule has 168 valence electrons. The van der Waals surface area contributed by atoms with Gasteiger partial charge in [-0.1, -0.05) is 54.6 Å². The Bertz CT molecular complexity index is 1560. The van der Waals surface area contributed by atoms with E-state index in [4.69, 9.17) is 4.18 Å². The van der Waals surface area contributed by atoms with Crippen LogP contribution in [0.3, 0.4) is 0 Å². The lowest BCUT2D eigenvalue weighted by Gasteiger charge is -2.09. The van der Waals surface area contributed by atoms with Gasteiger partial charge in [0.15, 0.2) is 0 Å². The zero-order valence-electron chi connectivity index (χ0n) is 17.6. The predicted molar refractivity (Wildman–Crippen MR) is 135 cm³/mol. The molecule has 1 amide bonds. The molecule has 4 rings (SSSR count). The summed E-state index contributed by atoms with van der Waals surface area (Å²) in [5.74, 6) is -0.449. The molecule has 4 aromatic rings. The van der Waals surface area contributed by atoms with Crippen molar-refractivity contribution in [1.29, 1.82) is 5.26 Å². The predicted octanol–water partition coefficient (Wildman–Crippen LogP) is 5.92. The molecule has 0 saturated carbocycles. The molecule has 1 N–H and O–H groups in total. The lowest BCUT2D eigenvalue weighted by molar-refractivity contribution is -0.112. The van der Waals surface area contributed by atoms with Crippen LogP contribution in [0.4, 0.5) is 5.69 Å². The minimum atomic E-state index is -4.03. The van der Waals surface area contributed by atoms with E-state index in [-0.39, 0.29) is 16.2 Å². The number of carbonyl (C=O) groups is 1. The molecule has 8 heteroatoms. The standard InChI is InChI=1S/C26H17BrN2O4S/c27-24-7-3-4-8-25(24)29-26(30)21(17-28)15-18-9-12-22(13-10-18)33-34(31,32)23-14-11-19-5-1-2-6-20(19)16-23/h1-16H,(H,29,30)/b21-15+. The number of amides is 1. The number of carbonyl (C=O) groups excluding carboxylic acids is 1. The number of nitrogens with one attached hydrogen (secondary N) is 1. The van der Waals surface area contributed by atoms with Gasteiger partial charge in [-0.05, 0) is 74.7 Å². The van der Waals surface area contributed by atoms with Crippen LogP contribution in [0.5, 0.6) is 5.75 Å². The quantitative estimate of drug-likeness (QED) is 0.189. The van der Waals surface area contributed by atoms with Crippen LogP contribution in [0.1, 0.15) is 5.56 Å². The fourth-order valence-electron chi connectivity index (χ4n) is 3.18. The Morgan fingerprint density at radius 3 is 2.29 bits per heavy atom. The number of nitriles is 1. The number of rotatable bonds is 6. The average molecular weight is 533 g/mol. The van der Waals surface area contributed by atoms with Gasteiger partial charge in [0.25, 0.3) is 5.91 Å². The highest BCUT2D eigenvalue weighted by molar-refractivity contribution is 9.10. The first kappa shape index (κ1) is 23.2. The van der Waals surface area contributed by atoms with Crippen LogP contribution in [0.2, 0.25) is 0 Å². The largest absolute Gasteiger partial charge is 0.379 e. The molecular formula is C26H17BrN2O4S. The van der Waals surface area contributed by atoms with E-state index in [1.165, 1.54) is 24.3 Å². The smallest absolute Gasteiger partial charge is 0.339 e. The number of anilines is 1. The van der Waals surface area contributed by atoms with Crippen molar-refractivity contribution in [3.63, 3.8) is 0 Å². The van der Waals surface area contributed by atoms with Crippen LogP contribution < -0.4 is 9.50 Å². The first-order valence-electron chi connectivity index (χ1n) is 10.1. The summed E-state index contributed by atoms with van der Waals surface area (Å²) in [6.07, 6.45) is 1.41. The van der Waals surface area contributed by atoms with Gasteiger partial charge >= 0.3 is 10.1 Å². The Labute approximate surface area is 205 Å². The summed E-state index contributed by atoms with van der Waals surface area (Å²) in [6.45, 7) is 0. The summed E-state index contributed by atoms with van der Waals surface area (Å²) in [4.78, 5) is 12.5. The molecule has 0 heterocycles. The molecule has 0 radical (unpaired) electrons. The average Bonchev–Trinajstić information content (AvgIpc) is 2.84. The number of para-hydroxylation sites is 1. The van der Waals surface area contributed by atoms with Crippen molar-refractivity contribution in [3.05, 3.63) is 107 Å². The second-order valence-corrected chi connectivity index (χ2v) is 9.62. The van der Waals surface area contributed by atoms with Gasteiger partial charge in [-0.15, -0.1) is 0 Å². The van der Waals surface area contributed by atoms with Crippen molar-refractivity contribution in [1.82, 2.24) is 0 Å². The van der Waals surface area contributed by atoms with E-state index in [0.29, 0.717) is 15.7 Å². The van der Waals surface area contributed by atoms with Gasteiger partial charge in [-0.2, -0.15) is 13.7 Å². The van der Waals surface area contributed by atoms with Crippen molar-refractivity contribution in [3.8, 4) is 11.8 Å². The number of benzene rings is 4. The first-order valence-corrected chi connectivity index (χ1v) is 12.3. The lowest BCUT2D eigenvalue weighted by atomic mass is 10.1. The Morgan fingerprint density at radius 1 is 0.912 bits per heavy atom. The van der Waals surface area contributed by atoms with Crippen molar-refractivity contribution in [2.45, 2.75) is 4.90 Å². The summed E-state index contributed by atoms with van der Waals surface area (Å²) in [5, 5.41) is 13.8. The molecule has 0 aliphatic rings. The van der Waals surface area contributed by atoms with E-state index in [0.717, 1.165) is 10.8 Å². The highest BCUT2D eigenvalue weighted by Crippen LogP contribution is 2.24. The zero-order valence-corrected chi connectivity index (χ0v) is 20.0. The minimum absolute atomic E-state index is 0.0469. The number of hydrogen-bond donors (Lipinski definition) is 1. The lowest BCUT2D eigenvalue weighted by Crippen LogP contribution is -2.13. The van der Waals surface area contributed by atoms with Crippen molar-refractivity contribution < 1.29 is 17.4 Å². The number of hydrogen-bond acceptors (Lipinski definition) is 5. The van der Waals surface area contributed by atoms with Gasteiger partial charge < -0.3 is 9.50 Å². The summed E-state index contributed by atoms with van der Waals surface area (Å²) >= 11 is 3.34. The third-order valence-electron chi connectivity index (χ3n) is 4.89. The summed E-state index contributed by atoms with van der Waals surface area (Å²) < 4.78 is 31.4. The maximum absolute atomic E-state index is 12.7. The molecule has 4 aromatic carbocycles. The molecule has 0 bridgehead atoms. The maximum atomic E-state index is 12.7. The Balaban J connectivity index is 1.50. The number of halogens is 1. The molecule has 34 heavy (non-hydrogen) atoms. The zero-order chi connectivity index (χ0) is 24.1. The van der Waals surface area contributed by atoms with Crippen molar-refractivity contribution in [2.75, 3.05) is 5.32 Å². The van der Waals surface area contributed by atoms with Crippen LogP contribution in [0.15, 0.2) is 106 Å². The number of nitrogens with zero attached hydrogens (tertiary/aromatic N) is 1. The van der Waals surface area contributed by atoms with Gasteiger partial charge in [-0.3, -0.25) is 4.79 Å². The van der Waals surface area contributed by atoms with E-state index in [2.05, 4.69) is 21.2 Å². The molecule has 0 saturated heterocycles. The van der Waals surface area contributed by atoms with Crippen LogP contribution in [0.25, 0.3) is 16.8 Å². The van der Waals surface area contributed by atoms with Crippen LogP contribution in [-0.2, 0) is 14.9 Å². The third kappa shape index (κ3) is 5.34. The second kappa shape index (κ2) is 9.91. The van der Waals surface area contributed by atoms with Gasteiger partial charge in [0.05, 0.1) is 5.69 Å². The monoisotopic (exact) mass is 532 g/mol. The van der Waals surface area contributed by atoms with Gasteiger partial charge in [0.2, 0.25) is 0 Å². The molecule has 0 aliphatic heterocycles. The summed E-state index contributed by atoms with van der Waals surface area (Å²) in [7, 11) is -4.03. The summed E-state index contributed by atoms with van der Waals surface area (Å²) in [6, 6.07) is 27.2. The van der Waals surface area contributed by atoms with Crippen LogP contribution in [0, 0.1) is 11.3 Å². The molecule has 0 spiro atoms. The molecule has 0 aromatic heterocycles. The van der Waals surface area contributed by atoms with E-state index in [9.17, 15) is 18.5 Å². The van der Waals surface area contributed by atoms with Gasteiger partial charge in [-0.25, -0.2) is 0 Å². The van der Waals surface area contributed by atoms with Gasteiger partial charge in [0.1, 0.15) is 22.3 Å². The molecule has 0 aliphatic carbocycles. The molecule has 0 atom stereocenters. The number of fused-ring (bicyclic) bond motifs is 1. The molecule has 0 fully saturated rings. The SMILES string of the molecule is N#C/C(=C\c1ccc(OS(=O)(=O)c2ccc3ccccc3c2)cc1)C(=O)Nc1ccccc1Br. The van der Waals surface area contributed by atoms with E-state index in [1.54, 1.807) is 42.5 Å². The van der Waals surface area contributed by atoms with Crippen LogP contribution >= 0.6 is 15.9 Å². The Morgan fingerprint density at radius 2 is 1.59 bits per heavy atom. The molecule has 6 nitrogen and oxygen atoms in total. The molecular weight excluding hydrogens is 516 g/mol.